The van der Waals surface area contributed by atoms with Gasteiger partial charge in [0.1, 0.15) is 11.5 Å². The first-order chi connectivity index (χ1) is 9.69. The van der Waals surface area contributed by atoms with Crippen molar-refractivity contribution >= 4 is 15.9 Å². The largest absolute Gasteiger partial charge is 0.508 e. The third-order valence-electron chi connectivity index (χ3n) is 3.07. The van der Waals surface area contributed by atoms with E-state index in [4.69, 9.17) is 4.74 Å². The van der Waals surface area contributed by atoms with Crippen molar-refractivity contribution in [1.29, 1.82) is 0 Å². The van der Waals surface area contributed by atoms with Crippen LogP contribution in [0.5, 0.6) is 11.5 Å². The molecule has 0 saturated carbocycles. The maximum absolute atomic E-state index is 9.22. The van der Waals surface area contributed by atoms with Gasteiger partial charge in [-0.2, -0.15) is 0 Å². The smallest absolute Gasteiger partial charge is 0.133 e. The van der Waals surface area contributed by atoms with Gasteiger partial charge >= 0.3 is 0 Å². The molecule has 0 saturated heterocycles. The lowest BCUT2D eigenvalue weighted by Crippen LogP contribution is -2.16. The maximum Gasteiger partial charge on any atom is 0.133 e. The summed E-state index contributed by atoms with van der Waals surface area (Å²) in [7, 11) is 1.66. The van der Waals surface area contributed by atoms with Crippen molar-refractivity contribution in [1.82, 2.24) is 5.32 Å². The topological polar surface area (TPSA) is 41.5 Å². The van der Waals surface area contributed by atoms with Crippen LogP contribution >= 0.6 is 15.9 Å². The molecule has 0 unspecified atom stereocenters. The molecule has 0 radical (unpaired) electrons. The minimum atomic E-state index is 0.310. The molecule has 0 heterocycles. The lowest BCUT2D eigenvalue weighted by atomic mass is 10.1. The van der Waals surface area contributed by atoms with Crippen LogP contribution in [-0.4, -0.2) is 18.8 Å². The molecule has 0 bridgehead atoms. The summed E-state index contributed by atoms with van der Waals surface area (Å²) in [6.07, 6.45) is 0.942. The summed E-state index contributed by atoms with van der Waals surface area (Å²) in [5.41, 5.74) is 2.43. The zero-order valence-corrected chi connectivity index (χ0v) is 13.0. The number of benzene rings is 2. The predicted molar refractivity (Wildman–Crippen MR) is 84.2 cm³/mol. The maximum atomic E-state index is 9.22. The summed E-state index contributed by atoms with van der Waals surface area (Å²) in [4.78, 5) is 0. The van der Waals surface area contributed by atoms with Crippen LogP contribution < -0.4 is 10.1 Å². The van der Waals surface area contributed by atoms with Gasteiger partial charge in [0.2, 0.25) is 0 Å². The Morgan fingerprint density at radius 1 is 1.10 bits per heavy atom. The van der Waals surface area contributed by atoms with Crippen molar-refractivity contribution in [2.45, 2.75) is 13.0 Å². The fourth-order valence-electron chi connectivity index (χ4n) is 1.95. The van der Waals surface area contributed by atoms with Gasteiger partial charge in [0.25, 0.3) is 0 Å². The average molecular weight is 336 g/mol. The molecule has 0 fully saturated rings. The van der Waals surface area contributed by atoms with Crippen LogP contribution in [-0.2, 0) is 13.0 Å². The number of phenolic OH excluding ortho intramolecular Hbond substituents is 1. The molecule has 2 N–H and O–H groups in total. The van der Waals surface area contributed by atoms with E-state index in [0.717, 1.165) is 29.7 Å². The van der Waals surface area contributed by atoms with Gasteiger partial charge in [0, 0.05) is 6.54 Å². The summed E-state index contributed by atoms with van der Waals surface area (Å²) >= 11 is 3.48. The third kappa shape index (κ3) is 4.25. The number of hydrogen-bond acceptors (Lipinski definition) is 3. The van der Waals surface area contributed by atoms with Gasteiger partial charge in [-0.15, -0.1) is 0 Å². The molecule has 106 valence electrons. The number of rotatable bonds is 6. The second kappa shape index (κ2) is 7.31. The van der Waals surface area contributed by atoms with Crippen LogP contribution in [0.3, 0.4) is 0 Å². The highest BCUT2D eigenvalue weighted by atomic mass is 79.9. The highest BCUT2D eigenvalue weighted by Gasteiger charge is 2.01. The molecule has 3 nitrogen and oxygen atoms in total. The van der Waals surface area contributed by atoms with Crippen molar-refractivity contribution in [2.75, 3.05) is 13.7 Å². The molecule has 0 atom stereocenters. The van der Waals surface area contributed by atoms with Crippen molar-refractivity contribution in [2.24, 2.45) is 0 Å². The Labute approximate surface area is 127 Å². The van der Waals surface area contributed by atoms with Gasteiger partial charge in [-0.05, 0) is 64.3 Å². The molecule has 0 aromatic heterocycles. The summed E-state index contributed by atoms with van der Waals surface area (Å²) in [6.45, 7) is 1.72. The molecule has 0 aliphatic rings. The molecular weight excluding hydrogens is 318 g/mol. The van der Waals surface area contributed by atoms with E-state index in [1.165, 1.54) is 11.1 Å². The molecule has 4 heteroatoms. The zero-order valence-electron chi connectivity index (χ0n) is 11.4. The van der Waals surface area contributed by atoms with E-state index in [0.29, 0.717) is 5.75 Å². The Morgan fingerprint density at radius 2 is 1.80 bits per heavy atom. The number of nitrogens with one attached hydrogen (secondary N) is 1. The van der Waals surface area contributed by atoms with Crippen LogP contribution in [0, 0.1) is 0 Å². The fourth-order valence-corrected chi connectivity index (χ4v) is 2.54. The van der Waals surface area contributed by atoms with E-state index < -0.39 is 0 Å². The molecule has 0 aliphatic carbocycles. The Kier molecular flexibility index (Phi) is 5.44. The molecular formula is C16H18BrNO2. The highest BCUT2D eigenvalue weighted by Crippen LogP contribution is 2.25. The van der Waals surface area contributed by atoms with Gasteiger partial charge in [0.05, 0.1) is 11.6 Å². The van der Waals surface area contributed by atoms with E-state index in [-0.39, 0.29) is 0 Å². The Hall–Kier alpha value is -1.52. The van der Waals surface area contributed by atoms with Crippen LogP contribution in [0.2, 0.25) is 0 Å². The number of aromatic hydroxyl groups is 1. The lowest BCUT2D eigenvalue weighted by Gasteiger charge is -2.08. The predicted octanol–water partition coefficient (Wildman–Crippen LogP) is 3.50. The Balaban J connectivity index is 1.78. The summed E-state index contributed by atoms with van der Waals surface area (Å²) < 4.78 is 6.18. The van der Waals surface area contributed by atoms with Crippen LogP contribution in [0.4, 0.5) is 0 Å². The van der Waals surface area contributed by atoms with E-state index in [9.17, 15) is 5.11 Å². The first kappa shape index (κ1) is 14.9. The number of ether oxygens (including phenoxy) is 1. The standard InChI is InChI=1S/C16H18BrNO2/c1-20-16-7-4-13(10-15(16)17)11-18-9-8-12-2-5-14(19)6-3-12/h2-7,10,18-19H,8-9,11H2,1H3. The molecule has 2 rings (SSSR count). The Bertz CT molecular complexity index is 555. The number of phenols is 1. The number of methoxy groups -OCH3 is 1. The highest BCUT2D eigenvalue weighted by molar-refractivity contribution is 9.10. The molecule has 0 aliphatic heterocycles. The van der Waals surface area contributed by atoms with E-state index in [1.54, 1.807) is 19.2 Å². The number of halogens is 1. The van der Waals surface area contributed by atoms with E-state index in [1.807, 2.05) is 18.2 Å². The monoisotopic (exact) mass is 335 g/mol. The molecule has 2 aromatic rings. The molecule has 2 aromatic carbocycles. The van der Waals surface area contributed by atoms with E-state index in [2.05, 4.69) is 33.4 Å². The third-order valence-corrected chi connectivity index (χ3v) is 3.69. The average Bonchev–Trinajstić information content (AvgIpc) is 2.46. The Morgan fingerprint density at radius 3 is 2.45 bits per heavy atom. The zero-order chi connectivity index (χ0) is 14.4. The second-order valence-corrected chi connectivity index (χ2v) is 5.42. The van der Waals surface area contributed by atoms with Gasteiger partial charge in [-0.1, -0.05) is 18.2 Å². The normalized spacial score (nSPS) is 10.5. The minimum Gasteiger partial charge on any atom is -0.508 e. The SMILES string of the molecule is COc1ccc(CNCCc2ccc(O)cc2)cc1Br. The minimum absolute atomic E-state index is 0.310. The number of hydrogen-bond donors (Lipinski definition) is 2. The second-order valence-electron chi connectivity index (χ2n) is 4.56. The van der Waals surface area contributed by atoms with Crippen LogP contribution in [0.15, 0.2) is 46.9 Å². The molecule has 0 spiro atoms. The van der Waals surface area contributed by atoms with Gasteiger partial charge in [-0.25, -0.2) is 0 Å². The van der Waals surface area contributed by atoms with Gasteiger partial charge < -0.3 is 15.2 Å². The quantitative estimate of drug-likeness (QED) is 0.794. The summed E-state index contributed by atoms with van der Waals surface area (Å²) in [5, 5.41) is 12.6. The van der Waals surface area contributed by atoms with Crippen molar-refractivity contribution in [3.63, 3.8) is 0 Å². The first-order valence-electron chi connectivity index (χ1n) is 6.50. The van der Waals surface area contributed by atoms with Crippen molar-refractivity contribution in [3.05, 3.63) is 58.1 Å². The first-order valence-corrected chi connectivity index (χ1v) is 7.29. The van der Waals surface area contributed by atoms with Crippen LogP contribution in [0.1, 0.15) is 11.1 Å². The molecule has 20 heavy (non-hydrogen) atoms. The summed E-state index contributed by atoms with van der Waals surface area (Å²) in [6, 6.07) is 13.4. The van der Waals surface area contributed by atoms with E-state index >= 15 is 0 Å². The van der Waals surface area contributed by atoms with Gasteiger partial charge in [0.15, 0.2) is 0 Å². The van der Waals surface area contributed by atoms with Crippen molar-refractivity contribution in [3.8, 4) is 11.5 Å². The van der Waals surface area contributed by atoms with Crippen LogP contribution in [0.25, 0.3) is 0 Å². The molecule has 0 amide bonds. The van der Waals surface area contributed by atoms with Crippen molar-refractivity contribution < 1.29 is 9.84 Å². The fraction of sp³-hybridized carbons (Fsp3) is 0.250. The summed E-state index contributed by atoms with van der Waals surface area (Å²) in [5.74, 6) is 1.16. The van der Waals surface area contributed by atoms with Gasteiger partial charge in [-0.3, -0.25) is 0 Å². The lowest BCUT2D eigenvalue weighted by molar-refractivity contribution is 0.412.